The topological polar surface area (TPSA) is 75.7 Å². The fourth-order valence-corrected chi connectivity index (χ4v) is 2.81. The van der Waals surface area contributed by atoms with Gasteiger partial charge in [0, 0.05) is 0 Å². The van der Waals surface area contributed by atoms with E-state index in [9.17, 15) is 18.8 Å². The summed E-state index contributed by atoms with van der Waals surface area (Å²) in [6.07, 6.45) is -0.320. The molecule has 28 heavy (non-hydrogen) atoms. The van der Waals surface area contributed by atoms with Gasteiger partial charge in [0.2, 0.25) is 0 Å². The summed E-state index contributed by atoms with van der Waals surface area (Å²) in [7, 11) is 0. The number of carbonyl (C=O) groups excluding carboxylic acids is 3. The monoisotopic (exact) mass is 402 g/mol. The Hall–Kier alpha value is -3.19. The number of imide groups is 1. The Morgan fingerprint density at radius 1 is 1.11 bits per heavy atom. The second kappa shape index (κ2) is 7.82. The molecule has 8 heteroatoms. The maximum Gasteiger partial charge on any atom is 0.338 e. The van der Waals surface area contributed by atoms with E-state index in [1.165, 1.54) is 42.5 Å². The van der Waals surface area contributed by atoms with Crippen LogP contribution in [0.15, 0.2) is 59.3 Å². The van der Waals surface area contributed by atoms with Crippen LogP contribution in [-0.4, -0.2) is 23.9 Å². The van der Waals surface area contributed by atoms with Crippen LogP contribution in [0.2, 0.25) is 0 Å². The number of carbonyl (C=O) groups is 3. The van der Waals surface area contributed by atoms with E-state index in [1.807, 2.05) is 0 Å². The minimum Gasteiger partial charge on any atom is -0.459 e. The molecule has 1 aliphatic heterocycles. The van der Waals surface area contributed by atoms with Gasteiger partial charge in [-0.1, -0.05) is 29.8 Å². The van der Waals surface area contributed by atoms with Gasteiger partial charge in [0.15, 0.2) is 0 Å². The molecule has 0 aromatic heterocycles. The van der Waals surface area contributed by atoms with E-state index in [-0.39, 0.29) is 33.8 Å². The van der Waals surface area contributed by atoms with E-state index < -0.39 is 23.6 Å². The lowest BCUT2D eigenvalue weighted by Gasteiger charge is -2.16. The predicted molar refractivity (Wildman–Crippen MR) is 102 cm³/mol. The van der Waals surface area contributed by atoms with E-state index in [0.29, 0.717) is 0 Å². The lowest BCUT2D eigenvalue weighted by Crippen LogP contribution is -2.32. The molecule has 0 bridgehead atoms. The standard InChI is InChI=1S/C20H16ClFN2O4/c1-11(2)28-20(27)12-6-5-7-13(10-12)24-18(25)16(21)17(19(24)26)23-15-9-4-3-8-14(15)22/h3-11,23H,1-2H3. The van der Waals surface area contributed by atoms with Crippen molar-refractivity contribution in [2.24, 2.45) is 0 Å². The average molecular weight is 403 g/mol. The molecule has 2 aromatic rings. The molecular weight excluding hydrogens is 387 g/mol. The molecule has 144 valence electrons. The molecule has 2 aromatic carbocycles. The van der Waals surface area contributed by atoms with Gasteiger partial charge >= 0.3 is 5.97 Å². The van der Waals surface area contributed by atoms with Crippen LogP contribution in [-0.2, 0) is 14.3 Å². The first-order valence-corrected chi connectivity index (χ1v) is 8.78. The molecule has 2 amide bonds. The van der Waals surface area contributed by atoms with Gasteiger partial charge in [0.1, 0.15) is 16.5 Å². The predicted octanol–water partition coefficient (Wildman–Crippen LogP) is 3.83. The fraction of sp³-hybridized carbons (Fsp3) is 0.150. The minimum atomic E-state index is -0.778. The van der Waals surface area contributed by atoms with Gasteiger partial charge in [-0.25, -0.2) is 14.1 Å². The zero-order chi connectivity index (χ0) is 20.4. The maximum absolute atomic E-state index is 13.9. The third kappa shape index (κ3) is 3.75. The number of esters is 1. The van der Waals surface area contributed by atoms with Crippen LogP contribution >= 0.6 is 11.6 Å². The van der Waals surface area contributed by atoms with Crippen molar-refractivity contribution >= 4 is 40.8 Å². The highest BCUT2D eigenvalue weighted by molar-refractivity contribution is 6.53. The molecule has 0 radical (unpaired) electrons. The zero-order valence-electron chi connectivity index (χ0n) is 15.0. The van der Waals surface area contributed by atoms with Gasteiger partial charge in [-0.15, -0.1) is 0 Å². The van der Waals surface area contributed by atoms with E-state index in [2.05, 4.69) is 5.32 Å². The molecular formula is C20H16ClFN2O4. The molecule has 1 N–H and O–H groups in total. The number of ether oxygens (including phenoxy) is 1. The third-order valence-electron chi connectivity index (χ3n) is 3.84. The van der Waals surface area contributed by atoms with Gasteiger partial charge in [0.05, 0.1) is 23.0 Å². The number of hydrogen-bond acceptors (Lipinski definition) is 5. The molecule has 1 heterocycles. The van der Waals surface area contributed by atoms with Crippen molar-refractivity contribution < 1.29 is 23.5 Å². The summed E-state index contributed by atoms with van der Waals surface area (Å²) in [4.78, 5) is 38.2. The Morgan fingerprint density at radius 3 is 2.50 bits per heavy atom. The number of benzene rings is 2. The largest absolute Gasteiger partial charge is 0.459 e. The number of halogens is 2. The fourth-order valence-electron chi connectivity index (χ4n) is 2.60. The quantitative estimate of drug-likeness (QED) is 0.607. The van der Waals surface area contributed by atoms with Crippen molar-refractivity contribution in [3.05, 3.63) is 70.6 Å². The highest BCUT2D eigenvalue weighted by Gasteiger charge is 2.39. The Kier molecular flexibility index (Phi) is 5.46. The summed E-state index contributed by atoms with van der Waals surface area (Å²) in [5.74, 6) is -2.72. The first-order valence-electron chi connectivity index (χ1n) is 8.40. The normalized spacial score (nSPS) is 14.1. The van der Waals surface area contributed by atoms with Crippen LogP contribution in [0.3, 0.4) is 0 Å². The van der Waals surface area contributed by atoms with Crippen LogP contribution in [0.25, 0.3) is 0 Å². The molecule has 0 saturated heterocycles. The maximum atomic E-state index is 13.9. The molecule has 0 aliphatic carbocycles. The van der Waals surface area contributed by atoms with Crippen LogP contribution in [0.4, 0.5) is 15.8 Å². The smallest absolute Gasteiger partial charge is 0.338 e. The van der Waals surface area contributed by atoms with Crippen LogP contribution < -0.4 is 10.2 Å². The van der Waals surface area contributed by atoms with Gasteiger partial charge in [-0.3, -0.25) is 9.59 Å². The summed E-state index contributed by atoms with van der Waals surface area (Å²) in [5.41, 5.74) is 0.0926. The number of rotatable bonds is 5. The molecule has 0 atom stereocenters. The summed E-state index contributed by atoms with van der Waals surface area (Å²) in [6, 6.07) is 11.6. The number of anilines is 2. The van der Waals surface area contributed by atoms with Gasteiger partial charge < -0.3 is 10.1 Å². The van der Waals surface area contributed by atoms with Crippen molar-refractivity contribution in [2.45, 2.75) is 20.0 Å². The second-order valence-corrected chi connectivity index (χ2v) is 6.62. The van der Waals surface area contributed by atoms with E-state index in [4.69, 9.17) is 16.3 Å². The number of amides is 2. The van der Waals surface area contributed by atoms with Gasteiger partial charge in [-0.2, -0.15) is 0 Å². The van der Waals surface area contributed by atoms with Crippen molar-refractivity contribution in [2.75, 3.05) is 10.2 Å². The molecule has 0 unspecified atom stereocenters. The number of hydrogen-bond donors (Lipinski definition) is 1. The van der Waals surface area contributed by atoms with Crippen molar-refractivity contribution in [1.82, 2.24) is 0 Å². The molecule has 1 aliphatic rings. The highest BCUT2D eigenvalue weighted by Crippen LogP contribution is 2.31. The lowest BCUT2D eigenvalue weighted by atomic mass is 10.2. The molecule has 0 saturated carbocycles. The SMILES string of the molecule is CC(C)OC(=O)c1cccc(N2C(=O)C(Cl)=C(Nc3ccccc3F)C2=O)c1. The second-order valence-electron chi connectivity index (χ2n) is 6.24. The lowest BCUT2D eigenvalue weighted by molar-refractivity contribution is -0.120. The molecule has 0 spiro atoms. The Balaban J connectivity index is 1.89. The zero-order valence-corrected chi connectivity index (χ0v) is 15.8. The van der Waals surface area contributed by atoms with Crippen LogP contribution in [0.1, 0.15) is 24.2 Å². The van der Waals surface area contributed by atoms with E-state index in [0.717, 1.165) is 4.90 Å². The van der Waals surface area contributed by atoms with E-state index >= 15 is 0 Å². The summed E-state index contributed by atoms with van der Waals surface area (Å²) in [6.45, 7) is 3.42. The van der Waals surface area contributed by atoms with Crippen molar-refractivity contribution in [1.29, 1.82) is 0 Å². The first-order chi connectivity index (χ1) is 13.3. The Morgan fingerprint density at radius 2 is 1.82 bits per heavy atom. The third-order valence-corrected chi connectivity index (χ3v) is 4.19. The Labute approximate surface area is 165 Å². The molecule has 3 rings (SSSR count). The van der Waals surface area contributed by atoms with Crippen LogP contribution in [0.5, 0.6) is 0 Å². The van der Waals surface area contributed by atoms with Crippen molar-refractivity contribution in [3.63, 3.8) is 0 Å². The highest BCUT2D eigenvalue weighted by atomic mass is 35.5. The Bertz CT molecular complexity index is 1000. The number of nitrogens with zero attached hydrogens (tertiary/aromatic N) is 1. The summed E-state index contributed by atoms with van der Waals surface area (Å²) < 4.78 is 19.0. The number of para-hydroxylation sites is 1. The molecule has 0 fully saturated rings. The van der Waals surface area contributed by atoms with Crippen LogP contribution in [0, 0.1) is 5.82 Å². The van der Waals surface area contributed by atoms with E-state index in [1.54, 1.807) is 19.9 Å². The minimum absolute atomic E-state index is 0.00733. The summed E-state index contributed by atoms with van der Waals surface area (Å²) >= 11 is 6.03. The average Bonchev–Trinajstić information content (AvgIpc) is 2.86. The summed E-state index contributed by atoms with van der Waals surface area (Å²) in [5, 5.41) is 2.20. The first kappa shape index (κ1) is 19.6. The molecule has 6 nitrogen and oxygen atoms in total. The van der Waals surface area contributed by atoms with Gasteiger partial charge in [-0.05, 0) is 44.2 Å². The van der Waals surface area contributed by atoms with Gasteiger partial charge in [0.25, 0.3) is 11.8 Å². The number of nitrogens with one attached hydrogen (secondary N) is 1. The van der Waals surface area contributed by atoms with Crippen molar-refractivity contribution in [3.8, 4) is 0 Å².